The third kappa shape index (κ3) is 4.35. The first-order chi connectivity index (χ1) is 14.2. The van der Waals surface area contributed by atoms with E-state index < -0.39 is 0 Å². The number of ketones is 1. The molecular weight excluding hydrogens is 384 g/mol. The number of methoxy groups -OCH3 is 1. The average Bonchev–Trinajstić information content (AvgIpc) is 3.27. The fourth-order valence-electron chi connectivity index (χ4n) is 2.85. The number of carbonyl (C=O) groups excluding carboxylic acids is 1. The summed E-state index contributed by atoms with van der Waals surface area (Å²) in [7, 11) is 1.62. The molecule has 0 aliphatic heterocycles. The van der Waals surface area contributed by atoms with Crippen molar-refractivity contribution in [3.05, 3.63) is 84.4 Å². The van der Waals surface area contributed by atoms with Crippen LogP contribution in [0.4, 0.5) is 0 Å². The minimum absolute atomic E-state index is 0.0268. The Bertz CT molecular complexity index is 1090. The Morgan fingerprint density at radius 2 is 1.62 bits per heavy atom. The van der Waals surface area contributed by atoms with Gasteiger partial charge in [0.1, 0.15) is 5.75 Å². The van der Waals surface area contributed by atoms with Gasteiger partial charge in [-0.15, -0.1) is 5.10 Å². The van der Waals surface area contributed by atoms with Gasteiger partial charge in [-0.05, 0) is 45.8 Å². The molecule has 0 saturated carbocycles. The van der Waals surface area contributed by atoms with Crippen molar-refractivity contribution in [2.24, 2.45) is 0 Å². The highest BCUT2D eigenvalue weighted by molar-refractivity contribution is 7.99. The van der Waals surface area contributed by atoms with Crippen molar-refractivity contribution in [3.63, 3.8) is 0 Å². The zero-order valence-corrected chi connectivity index (χ0v) is 16.5. The summed E-state index contributed by atoms with van der Waals surface area (Å²) >= 11 is 1.31. The molecule has 1 aromatic heterocycles. The molecule has 29 heavy (non-hydrogen) atoms. The van der Waals surface area contributed by atoms with Crippen LogP contribution in [0.25, 0.3) is 16.8 Å². The number of ether oxygens (including phenoxy) is 1. The van der Waals surface area contributed by atoms with Crippen LogP contribution in [-0.4, -0.2) is 38.9 Å². The third-order valence-electron chi connectivity index (χ3n) is 4.40. The number of rotatable bonds is 7. The van der Waals surface area contributed by atoms with E-state index in [1.807, 2.05) is 78.9 Å². The number of hydrogen-bond acceptors (Lipinski definition) is 6. The van der Waals surface area contributed by atoms with E-state index >= 15 is 0 Å². The summed E-state index contributed by atoms with van der Waals surface area (Å²) in [4.78, 5) is 12.6. The van der Waals surface area contributed by atoms with Crippen molar-refractivity contribution in [2.75, 3.05) is 12.9 Å². The summed E-state index contributed by atoms with van der Waals surface area (Å²) < 4.78 is 6.78. The summed E-state index contributed by atoms with van der Waals surface area (Å²) in [5.41, 5.74) is 3.68. The largest absolute Gasteiger partial charge is 0.497 e. The summed E-state index contributed by atoms with van der Waals surface area (Å²) in [6, 6.07) is 25.1. The molecule has 0 atom stereocenters. The molecule has 1 heterocycles. The molecule has 144 valence electrons. The number of hydrogen-bond donors (Lipinski definition) is 0. The number of nitrogens with zero attached hydrogens (tertiary/aromatic N) is 4. The average molecular weight is 402 g/mol. The maximum atomic E-state index is 12.6. The van der Waals surface area contributed by atoms with E-state index in [2.05, 4.69) is 15.5 Å². The van der Waals surface area contributed by atoms with Gasteiger partial charge in [0, 0.05) is 5.56 Å². The van der Waals surface area contributed by atoms with Crippen LogP contribution in [0.3, 0.4) is 0 Å². The van der Waals surface area contributed by atoms with Crippen molar-refractivity contribution in [3.8, 4) is 22.6 Å². The zero-order chi connectivity index (χ0) is 20.1. The standard InChI is InChI=1S/C22H18N4O2S/c1-28-20-13-11-19(12-14-20)26-22(23-24-25-26)29-15-21(27)18-9-7-17(8-10-18)16-5-3-2-4-6-16/h2-14H,15H2,1H3. The van der Waals surface area contributed by atoms with Gasteiger partial charge < -0.3 is 4.74 Å². The number of benzene rings is 3. The molecule has 3 aromatic carbocycles. The number of thioether (sulfide) groups is 1. The van der Waals surface area contributed by atoms with Gasteiger partial charge in [-0.25, -0.2) is 0 Å². The minimum Gasteiger partial charge on any atom is -0.497 e. The molecular formula is C22H18N4O2S. The highest BCUT2D eigenvalue weighted by Gasteiger charge is 2.13. The Morgan fingerprint density at radius 3 is 2.31 bits per heavy atom. The lowest BCUT2D eigenvalue weighted by atomic mass is 10.0. The molecule has 0 saturated heterocycles. The van der Waals surface area contributed by atoms with E-state index in [0.29, 0.717) is 10.7 Å². The molecule has 0 aliphatic carbocycles. The molecule has 0 spiro atoms. The Kier molecular flexibility index (Phi) is 5.67. The first-order valence-corrected chi connectivity index (χ1v) is 9.97. The lowest BCUT2D eigenvalue weighted by Gasteiger charge is -2.06. The number of Topliss-reactive ketones (excluding diaryl/α,β-unsaturated/α-hetero) is 1. The zero-order valence-electron chi connectivity index (χ0n) is 15.7. The van der Waals surface area contributed by atoms with Crippen LogP contribution in [0.2, 0.25) is 0 Å². The van der Waals surface area contributed by atoms with Crippen LogP contribution in [0.1, 0.15) is 10.4 Å². The van der Waals surface area contributed by atoms with Crippen molar-refractivity contribution in [2.45, 2.75) is 5.16 Å². The highest BCUT2D eigenvalue weighted by atomic mass is 32.2. The van der Waals surface area contributed by atoms with Gasteiger partial charge in [0.25, 0.3) is 0 Å². The van der Waals surface area contributed by atoms with Crippen LogP contribution in [-0.2, 0) is 0 Å². The molecule has 4 aromatic rings. The molecule has 0 N–H and O–H groups in total. The van der Waals surface area contributed by atoms with E-state index in [0.717, 1.165) is 22.6 Å². The van der Waals surface area contributed by atoms with Crippen LogP contribution in [0.5, 0.6) is 5.75 Å². The summed E-state index contributed by atoms with van der Waals surface area (Å²) in [6.07, 6.45) is 0. The van der Waals surface area contributed by atoms with Crippen molar-refractivity contribution >= 4 is 17.5 Å². The van der Waals surface area contributed by atoms with Gasteiger partial charge in [-0.3, -0.25) is 4.79 Å². The van der Waals surface area contributed by atoms with E-state index in [9.17, 15) is 4.79 Å². The van der Waals surface area contributed by atoms with E-state index in [4.69, 9.17) is 4.74 Å². The second-order valence-corrected chi connectivity index (χ2v) is 7.17. The molecule has 0 bridgehead atoms. The van der Waals surface area contributed by atoms with Gasteiger partial charge in [0.15, 0.2) is 5.78 Å². The van der Waals surface area contributed by atoms with Crippen molar-refractivity contribution < 1.29 is 9.53 Å². The van der Waals surface area contributed by atoms with Gasteiger partial charge in [0.05, 0.1) is 18.6 Å². The van der Waals surface area contributed by atoms with Crippen LogP contribution in [0.15, 0.2) is 84.0 Å². The summed E-state index contributed by atoms with van der Waals surface area (Å²) in [5.74, 6) is 1.03. The maximum absolute atomic E-state index is 12.6. The molecule has 0 fully saturated rings. The SMILES string of the molecule is COc1ccc(-n2nnnc2SCC(=O)c2ccc(-c3ccccc3)cc2)cc1. The monoisotopic (exact) mass is 402 g/mol. The first-order valence-electron chi connectivity index (χ1n) is 8.99. The third-order valence-corrected chi connectivity index (χ3v) is 5.32. The van der Waals surface area contributed by atoms with Gasteiger partial charge in [-0.1, -0.05) is 66.4 Å². The fraction of sp³-hybridized carbons (Fsp3) is 0.0909. The first kappa shape index (κ1) is 18.9. The van der Waals surface area contributed by atoms with Crippen LogP contribution >= 0.6 is 11.8 Å². The van der Waals surface area contributed by atoms with Crippen LogP contribution in [0, 0.1) is 0 Å². The van der Waals surface area contributed by atoms with Gasteiger partial charge in [0.2, 0.25) is 5.16 Å². The molecule has 4 rings (SSSR count). The number of tetrazole rings is 1. The van der Waals surface area contributed by atoms with Gasteiger partial charge >= 0.3 is 0 Å². The molecule has 0 aliphatic rings. The van der Waals surface area contributed by atoms with Crippen molar-refractivity contribution in [1.82, 2.24) is 20.2 Å². The summed E-state index contributed by atoms with van der Waals surface area (Å²) in [6.45, 7) is 0. The van der Waals surface area contributed by atoms with E-state index in [1.54, 1.807) is 11.8 Å². The Morgan fingerprint density at radius 1 is 0.931 bits per heavy atom. The Labute approximate surface area is 172 Å². The second kappa shape index (κ2) is 8.70. The predicted molar refractivity (Wildman–Crippen MR) is 113 cm³/mol. The summed E-state index contributed by atoms with van der Waals surface area (Å²) in [5, 5.41) is 12.4. The predicted octanol–water partition coefficient (Wildman–Crippen LogP) is 4.31. The van der Waals surface area contributed by atoms with Crippen LogP contribution < -0.4 is 4.74 Å². The minimum atomic E-state index is 0.0268. The molecule has 7 heteroatoms. The van der Waals surface area contributed by atoms with Crippen molar-refractivity contribution in [1.29, 1.82) is 0 Å². The topological polar surface area (TPSA) is 69.9 Å². The highest BCUT2D eigenvalue weighted by Crippen LogP contribution is 2.23. The molecule has 0 unspecified atom stereocenters. The quantitative estimate of drug-likeness (QED) is 0.339. The van der Waals surface area contributed by atoms with E-state index in [1.165, 1.54) is 11.8 Å². The van der Waals surface area contributed by atoms with Gasteiger partial charge in [-0.2, -0.15) is 4.68 Å². The number of aromatic nitrogens is 4. The smallest absolute Gasteiger partial charge is 0.214 e. The lowest BCUT2D eigenvalue weighted by Crippen LogP contribution is -2.05. The normalized spacial score (nSPS) is 10.7. The molecule has 6 nitrogen and oxygen atoms in total. The fourth-order valence-corrected chi connectivity index (χ4v) is 3.63. The lowest BCUT2D eigenvalue weighted by molar-refractivity contribution is 0.102. The Balaban J connectivity index is 1.43. The molecule has 0 amide bonds. The second-order valence-electron chi connectivity index (χ2n) is 6.23. The maximum Gasteiger partial charge on any atom is 0.214 e. The van der Waals surface area contributed by atoms with E-state index in [-0.39, 0.29) is 11.5 Å². The number of carbonyl (C=O) groups is 1. The molecule has 0 radical (unpaired) electrons. The Hall–Kier alpha value is -3.45.